The number of hydrogen-bond donors (Lipinski definition) is 3. The molecule has 0 aliphatic heterocycles. The molecule has 0 unspecified atom stereocenters. The first-order valence-electron chi connectivity index (χ1n) is 7.46. The average molecular weight is 377 g/mol. The molecule has 4 N–H and O–H groups in total. The molecule has 8 heteroatoms. The van der Waals surface area contributed by atoms with Crippen LogP contribution in [-0.4, -0.2) is 15.9 Å². The molecule has 0 radical (unpaired) electrons. The van der Waals surface area contributed by atoms with E-state index < -0.39 is 0 Å². The van der Waals surface area contributed by atoms with E-state index in [2.05, 4.69) is 15.3 Å². The number of aromatic amines is 1. The summed E-state index contributed by atoms with van der Waals surface area (Å²) in [6.45, 7) is 0. The van der Waals surface area contributed by atoms with E-state index in [1.54, 1.807) is 24.3 Å². The SMILES string of the molecule is Nc1c(Cl)cc(NC(=O)CCc2nc3ccccc3c(=O)[nH]2)cc1Cl. The molecular weight excluding hydrogens is 363 g/mol. The lowest BCUT2D eigenvalue weighted by Crippen LogP contribution is -2.16. The number of benzene rings is 2. The largest absolute Gasteiger partial charge is 0.396 e. The Kier molecular flexibility index (Phi) is 4.92. The fourth-order valence-corrected chi connectivity index (χ4v) is 2.85. The average Bonchev–Trinajstić information content (AvgIpc) is 2.58. The summed E-state index contributed by atoms with van der Waals surface area (Å²) in [6.07, 6.45) is 0.434. The van der Waals surface area contributed by atoms with Crippen LogP contribution < -0.4 is 16.6 Å². The van der Waals surface area contributed by atoms with Crippen molar-refractivity contribution in [2.24, 2.45) is 0 Å². The topological polar surface area (TPSA) is 101 Å². The number of anilines is 2. The van der Waals surface area contributed by atoms with Gasteiger partial charge in [-0.05, 0) is 24.3 Å². The summed E-state index contributed by atoms with van der Waals surface area (Å²) in [5, 5.41) is 3.74. The van der Waals surface area contributed by atoms with Gasteiger partial charge >= 0.3 is 0 Å². The summed E-state index contributed by atoms with van der Waals surface area (Å²) < 4.78 is 0. The highest BCUT2D eigenvalue weighted by Gasteiger charge is 2.10. The van der Waals surface area contributed by atoms with Crippen LogP contribution in [0.2, 0.25) is 10.0 Å². The van der Waals surface area contributed by atoms with E-state index in [1.807, 2.05) is 0 Å². The maximum absolute atomic E-state index is 12.1. The third kappa shape index (κ3) is 3.92. The number of nitrogens with zero attached hydrogens (tertiary/aromatic N) is 1. The van der Waals surface area contributed by atoms with Crippen molar-refractivity contribution < 1.29 is 4.79 Å². The summed E-state index contributed by atoms with van der Waals surface area (Å²) in [4.78, 5) is 31.1. The number of hydrogen-bond acceptors (Lipinski definition) is 4. The van der Waals surface area contributed by atoms with E-state index in [-0.39, 0.29) is 33.6 Å². The van der Waals surface area contributed by atoms with E-state index in [4.69, 9.17) is 28.9 Å². The molecule has 25 heavy (non-hydrogen) atoms. The van der Waals surface area contributed by atoms with Gasteiger partial charge < -0.3 is 16.0 Å². The third-order valence-electron chi connectivity index (χ3n) is 3.61. The standard InChI is InChI=1S/C17H14Cl2N4O2/c18-11-7-9(8-12(19)16(11)20)21-15(24)6-5-14-22-13-4-2-1-3-10(13)17(25)23-14/h1-4,7-8H,5-6,20H2,(H,21,24)(H,22,23,25). The zero-order chi connectivity index (χ0) is 18.0. The number of nitrogen functional groups attached to an aromatic ring is 1. The first-order valence-corrected chi connectivity index (χ1v) is 8.22. The minimum atomic E-state index is -0.257. The summed E-state index contributed by atoms with van der Waals surface area (Å²) in [5.74, 6) is 0.194. The molecule has 0 saturated heterocycles. The fraction of sp³-hybridized carbons (Fsp3) is 0.118. The number of para-hydroxylation sites is 1. The molecule has 128 valence electrons. The molecule has 1 amide bonds. The van der Waals surface area contributed by atoms with Crippen molar-refractivity contribution in [2.45, 2.75) is 12.8 Å². The third-order valence-corrected chi connectivity index (χ3v) is 4.24. The smallest absolute Gasteiger partial charge is 0.258 e. The molecule has 0 aliphatic rings. The van der Waals surface area contributed by atoms with Gasteiger partial charge in [-0.25, -0.2) is 4.98 Å². The molecule has 6 nitrogen and oxygen atoms in total. The number of amides is 1. The van der Waals surface area contributed by atoms with Gasteiger partial charge in [0, 0.05) is 18.5 Å². The Bertz CT molecular complexity index is 994. The minimum Gasteiger partial charge on any atom is -0.396 e. The second kappa shape index (κ2) is 7.13. The molecule has 2 aromatic carbocycles. The van der Waals surface area contributed by atoms with E-state index in [0.29, 0.717) is 28.8 Å². The monoisotopic (exact) mass is 376 g/mol. The van der Waals surface area contributed by atoms with Crippen LogP contribution in [0.25, 0.3) is 10.9 Å². The van der Waals surface area contributed by atoms with Gasteiger partial charge in [0.2, 0.25) is 5.91 Å². The highest BCUT2D eigenvalue weighted by Crippen LogP contribution is 2.31. The van der Waals surface area contributed by atoms with Gasteiger partial charge in [-0.3, -0.25) is 9.59 Å². The van der Waals surface area contributed by atoms with Crippen LogP contribution in [0.1, 0.15) is 12.2 Å². The molecule has 0 spiro atoms. The van der Waals surface area contributed by atoms with Gasteiger partial charge in [0.1, 0.15) is 5.82 Å². The Morgan fingerprint density at radius 2 is 1.88 bits per heavy atom. The van der Waals surface area contributed by atoms with Crippen LogP contribution in [0, 0.1) is 0 Å². The van der Waals surface area contributed by atoms with Gasteiger partial charge in [-0.1, -0.05) is 35.3 Å². The highest BCUT2D eigenvalue weighted by molar-refractivity contribution is 6.39. The van der Waals surface area contributed by atoms with Crippen molar-refractivity contribution in [1.82, 2.24) is 9.97 Å². The Morgan fingerprint density at radius 3 is 2.60 bits per heavy atom. The van der Waals surface area contributed by atoms with Gasteiger partial charge in [-0.2, -0.15) is 0 Å². The Hall–Kier alpha value is -2.57. The zero-order valence-electron chi connectivity index (χ0n) is 13.0. The summed E-state index contributed by atoms with van der Waals surface area (Å²) in [6, 6.07) is 10.1. The van der Waals surface area contributed by atoms with Crippen molar-refractivity contribution in [3.63, 3.8) is 0 Å². The summed E-state index contributed by atoms with van der Waals surface area (Å²) >= 11 is 11.9. The molecule has 1 heterocycles. The van der Waals surface area contributed by atoms with Crippen LogP contribution in [0.3, 0.4) is 0 Å². The lowest BCUT2D eigenvalue weighted by Gasteiger charge is -2.08. The quantitative estimate of drug-likeness (QED) is 0.607. The number of aromatic nitrogens is 2. The maximum atomic E-state index is 12.1. The molecule has 0 bridgehead atoms. The Labute approximate surface area is 153 Å². The Balaban J connectivity index is 1.69. The van der Waals surface area contributed by atoms with Crippen molar-refractivity contribution in [2.75, 3.05) is 11.1 Å². The Morgan fingerprint density at radius 1 is 1.20 bits per heavy atom. The van der Waals surface area contributed by atoms with Gasteiger partial charge in [0.05, 0.1) is 26.6 Å². The van der Waals surface area contributed by atoms with Crippen molar-refractivity contribution in [1.29, 1.82) is 0 Å². The number of aryl methyl sites for hydroxylation is 1. The first kappa shape index (κ1) is 17.3. The molecule has 3 rings (SSSR count). The van der Waals surface area contributed by atoms with Crippen molar-refractivity contribution in [3.8, 4) is 0 Å². The molecule has 0 saturated carbocycles. The van der Waals surface area contributed by atoms with Gasteiger partial charge in [-0.15, -0.1) is 0 Å². The predicted molar refractivity (Wildman–Crippen MR) is 100 cm³/mol. The highest BCUT2D eigenvalue weighted by atomic mass is 35.5. The van der Waals surface area contributed by atoms with Crippen LogP contribution in [0.5, 0.6) is 0 Å². The van der Waals surface area contributed by atoms with E-state index in [9.17, 15) is 9.59 Å². The van der Waals surface area contributed by atoms with E-state index >= 15 is 0 Å². The van der Waals surface area contributed by atoms with Crippen LogP contribution in [0.15, 0.2) is 41.2 Å². The number of rotatable bonds is 4. The normalized spacial score (nSPS) is 10.8. The van der Waals surface area contributed by atoms with E-state index in [1.165, 1.54) is 12.1 Å². The second-order valence-electron chi connectivity index (χ2n) is 5.43. The number of nitrogens with one attached hydrogen (secondary N) is 2. The number of halogens is 2. The number of carbonyl (C=O) groups excluding carboxylic acids is 1. The molecule has 3 aromatic rings. The second-order valence-corrected chi connectivity index (χ2v) is 6.25. The van der Waals surface area contributed by atoms with E-state index in [0.717, 1.165) is 0 Å². The molecule has 1 aromatic heterocycles. The summed E-state index contributed by atoms with van der Waals surface area (Å²) in [5.41, 5.74) is 6.75. The lowest BCUT2D eigenvalue weighted by atomic mass is 10.2. The van der Waals surface area contributed by atoms with Gasteiger partial charge in [0.15, 0.2) is 0 Å². The van der Waals surface area contributed by atoms with Crippen molar-refractivity contribution in [3.05, 3.63) is 62.6 Å². The number of nitrogens with two attached hydrogens (primary N) is 1. The number of carbonyl (C=O) groups is 1. The maximum Gasteiger partial charge on any atom is 0.258 e. The number of H-pyrrole nitrogens is 1. The van der Waals surface area contributed by atoms with Crippen LogP contribution in [-0.2, 0) is 11.2 Å². The summed E-state index contributed by atoms with van der Waals surface area (Å²) in [7, 11) is 0. The molecule has 0 fully saturated rings. The molecule has 0 aliphatic carbocycles. The predicted octanol–water partition coefficient (Wildman–Crippen LogP) is 3.38. The first-order chi connectivity index (χ1) is 11.9. The van der Waals surface area contributed by atoms with Crippen LogP contribution in [0.4, 0.5) is 11.4 Å². The molecular formula is C17H14Cl2N4O2. The van der Waals surface area contributed by atoms with Crippen LogP contribution >= 0.6 is 23.2 Å². The fourth-order valence-electron chi connectivity index (χ4n) is 2.37. The zero-order valence-corrected chi connectivity index (χ0v) is 14.5. The van der Waals surface area contributed by atoms with Gasteiger partial charge in [0.25, 0.3) is 5.56 Å². The van der Waals surface area contributed by atoms with Crippen molar-refractivity contribution >= 4 is 51.4 Å². The number of fused-ring (bicyclic) bond motifs is 1. The lowest BCUT2D eigenvalue weighted by molar-refractivity contribution is -0.116. The minimum absolute atomic E-state index is 0.140. The molecule has 0 atom stereocenters.